The highest BCUT2D eigenvalue weighted by Crippen LogP contribution is 2.33. The van der Waals surface area contributed by atoms with E-state index in [1.807, 2.05) is 24.5 Å². The van der Waals surface area contributed by atoms with Crippen LogP contribution in [0.15, 0.2) is 24.5 Å². The molecule has 1 unspecified atom stereocenters. The molecule has 1 aromatic heterocycles. The van der Waals surface area contributed by atoms with Crippen molar-refractivity contribution in [2.75, 3.05) is 18.4 Å². The number of nitrogens with one attached hydrogen (secondary N) is 1. The van der Waals surface area contributed by atoms with Crippen molar-refractivity contribution in [2.45, 2.75) is 76.3 Å². The Labute approximate surface area is 157 Å². The Bertz CT molecular complexity index is 543. The van der Waals surface area contributed by atoms with E-state index in [1.54, 1.807) is 0 Å². The molecular weight excluding hydrogens is 326 g/mol. The fraction of sp³-hybridized carbons (Fsp3) is 0.714. The Kier molecular flexibility index (Phi) is 7.30. The molecule has 1 aromatic rings. The maximum Gasteiger partial charge on any atom is 0.303 e. The van der Waals surface area contributed by atoms with Gasteiger partial charge in [-0.25, -0.2) is 0 Å². The van der Waals surface area contributed by atoms with Crippen LogP contribution in [0.2, 0.25) is 0 Å². The second-order valence-electron chi connectivity index (χ2n) is 7.96. The summed E-state index contributed by atoms with van der Waals surface area (Å²) < 4.78 is 0. The number of likely N-dealkylation sites (tertiary alicyclic amines) is 1. The summed E-state index contributed by atoms with van der Waals surface area (Å²) in [6.45, 7) is 2.25. The number of pyridine rings is 1. The summed E-state index contributed by atoms with van der Waals surface area (Å²) in [6.07, 6.45) is 15.0. The normalized spacial score (nSPS) is 27.2. The highest BCUT2D eigenvalue weighted by molar-refractivity contribution is 5.67. The predicted octanol–water partition coefficient (Wildman–Crippen LogP) is 4.16. The summed E-state index contributed by atoms with van der Waals surface area (Å²) >= 11 is 0. The molecule has 5 heteroatoms. The molecule has 26 heavy (non-hydrogen) atoms. The van der Waals surface area contributed by atoms with E-state index in [0.717, 1.165) is 25.1 Å². The van der Waals surface area contributed by atoms with Crippen molar-refractivity contribution >= 4 is 11.7 Å². The molecule has 1 saturated carbocycles. The maximum absolute atomic E-state index is 10.9. The minimum absolute atomic E-state index is 0.358. The Hall–Kier alpha value is -1.62. The Balaban J connectivity index is 1.42. The zero-order chi connectivity index (χ0) is 18.2. The second kappa shape index (κ2) is 9.91. The van der Waals surface area contributed by atoms with Crippen LogP contribution in [0, 0.1) is 5.92 Å². The van der Waals surface area contributed by atoms with Gasteiger partial charge in [0, 0.05) is 43.1 Å². The number of hydrogen-bond donors (Lipinski definition) is 2. The number of carboxylic acid groups (broad SMARTS) is 1. The SMILES string of the molecule is O=C(O)CC1CCC(N2CCCCC2CCCNc2ccncc2)CC1. The van der Waals surface area contributed by atoms with Gasteiger partial charge in [0.25, 0.3) is 0 Å². The van der Waals surface area contributed by atoms with Crippen LogP contribution in [0.3, 0.4) is 0 Å². The zero-order valence-electron chi connectivity index (χ0n) is 15.8. The first-order valence-electron chi connectivity index (χ1n) is 10.3. The largest absolute Gasteiger partial charge is 0.481 e. The van der Waals surface area contributed by atoms with Crippen LogP contribution in [0.25, 0.3) is 0 Å². The molecule has 1 aliphatic carbocycles. The van der Waals surface area contributed by atoms with E-state index in [0.29, 0.717) is 24.4 Å². The number of rotatable bonds is 8. The third-order valence-electron chi connectivity index (χ3n) is 6.14. The molecule has 2 heterocycles. The fourth-order valence-corrected chi connectivity index (χ4v) is 4.78. The summed E-state index contributed by atoms with van der Waals surface area (Å²) in [7, 11) is 0. The van der Waals surface area contributed by atoms with Crippen molar-refractivity contribution in [3.05, 3.63) is 24.5 Å². The molecule has 0 spiro atoms. The van der Waals surface area contributed by atoms with Crippen molar-refractivity contribution in [3.63, 3.8) is 0 Å². The van der Waals surface area contributed by atoms with Crippen LogP contribution in [0.4, 0.5) is 5.69 Å². The molecule has 0 radical (unpaired) electrons. The molecule has 144 valence electrons. The summed E-state index contributed by atoms with van der Waals surface area (Å²) in [4.78, 5) is 17.8. The Morgan fingerprint density at radius 1 is 1.15 bits per heavy atom. The van der Waals surface area contributed by atoms with Gasteiger partial charge in [-0.2, -0.15) is 0 Å². The van der Waals surface area contributed by atoms with Crippen molar-refractivity contribution in [1.29, 1.82) is 0 Å². The minimum atomic E-state index is -0.633. The first-order chi connectivity index (χ1) is 12.7. The first-order valence-corrected chi connectivity index (χ1v) is 10.3. The minimum Gasteiger partial charge on any atom is -0.481 e. The average Bonchev–Trinajstić information content (AvgIpc) is 2.67. The van der Waals surface area contributed by atoms with E-state index in [4.69, 9.17) is 5.11 Å². The van der Waals surface area contributed by atoms with Gasteiger partial charge in [0.15, 0.2) is 0 Å². The molecule has 0 aromatic carbocycles. The molecule has 2 N–H and O–H groups in total. The van der Waals surface area contributed by atoms with Crippen molar-refractivity contribution in [2.24, 2.45) is 5.92 Å². The molecule has 1 atom stereocenters. The quantitative estimate of drug-likeness (QED) is 0.682. The second-order valence-corrected chi connectivity index (χ2v) is 7.96. The van der Waals surface area contributed by atoms with Gasteiger partial charge in [-0.15, -0.1) is 0 Å². The number of hydrogen-bond acceptors (Lipinski definition) is 4. The molecule has 1 saturated heterocycles. The topological polar surface area (TPSA) is 65.5 Å². The zero-order valence-corrected chi connectivity index (χ0v) is 15.8. The number of carboxylic acids is 1. The third-order valence-corrected chi connectivity index (χ3v) is 6.14. The van der Waals surface area contributed by atoms with Crippen molar-refractivity contribution in [3.8, 4) is 0 Å². The van der Waals surface area contributed by atoms with Gasteiger partial charge in [-0.1, -0.05) is 6.42 Å². The van der Waals surface area contributed by atoms with Gasteiger partial charge in [0.2, 0.25) is 0 Å². The van der Waals surface area contributed by atoms with Crippen LogP contribution < -0.4 is 5.32 Å². The summed E-state index contributed by atoms with van der Waals surface area (Å²) in [5, 5.41) is 12.5. The molecule has 5 nitrogen and oxygen atoms in total. The maximum atomic E-state index is 10.9. The van der Waals surface area contributed by atoms with Crippen LogP contribution in [0.1, 0.15) is 64.2 Å². The molecular formula is C21H33N3O2. The highest BCUT2D eigenvalue weighted by atomic mass is 16.4. The lowest BCUT2D eigenvalue weighted by Crippen LogP contribution is -2.47. The summed E-state index contributed by atoms with van der Waals surface area (Å²) in [5.74, 6) is -0.234. The first kappa shape index (κ1) is 19.2. The van der Waals surface area contributed by atoms with Crippen LogP contribution in [-0.4, -0.2) is 46.1 Å². The van der Waals surface area contributed by atoms with Crippen LogP contribution in [-0.2, 0) is 4.79 Å². The van der Waals surface area contributed by atoms with Gasteiger partial charge in [-0.3, -0.25) is 14.7 Å². The summed E-state index contributed by atoms with van der Waals surface area (Å²) in [6, 6.07) is 5.42. The van der Waals surface area contributed by atoms with E-state index < -0.39 is 5.97 Å². The average molecular weight is 360 g/mol. The smallest absolute Gasteiger partial charge is 0.303 e. The molecule has 2 aliphatic rings. The number of carbonyl (C=O) groups is 1. The number of piperidine rings is 1. The third kappa shape index (κ3) is 5.70. The Morgan fingerprint density at radius 2 is 1.92 bits per heavy atom. The van der Waals surface area contributed by atoms with E-state index in [1.165, 1.54) is 51.5 Å². The predicted molar refractivity (Wildman–Crippen MR) is 104 cm³/mol. The van der Waals surface area contributed by atoms with E-state index in [2.05, 4.69) is 15.2 Å². The fourth-order valence-electron chi connectivity index (χ4n) is 4.78. The lowest BCUT2D eigenvalue weighted by atomic mass is 9.82. The van der Waals surface area contributed by atoms with E-state index in [-0.39, 0.29) is 0 Å². The standard InChI is InChI=1S/C21H33N3O2/c25-21(26)16-17-6-8-20(9-7-17)24-15-2-1-4-19(24)5-3-12-23-18-10-13-22-14-11-18/h10-11,13-14,17,19-20H,1-9,12,15-16H2,(H,22,23)(H,25,26). The van der Waals surface area contributed by atoms with Gasteiger partial charge in [0.05, 0.1) is 0 Å². The molecule has 3 rings (SSSR count). The number of nitrogens with zero attached hydrogens (tertiary/aromatic N) is 2. The van der Waals surface area contributed by atoms with E-state index >= 15 is 0 Å². The molecule has 0 bridgehead atoms. The lowest BCUT2D eigenvalue weighted by Gasteiger charge is -2.44. The van der Waals surface area contributed by atoms with Gasteiger partial charge in [-0.05, 0) is 76.0 Å². The molecule has 2 fully saturated rings. The van der Waals surface area contributed by atoms with Crippen molar-refractivity contribution < 1.29 is 9.90 Å². The van der Waals surface area contributed by atoms with Crippen LogP contribution in [0.5, 0.6) is 0 Å². The Morgan fingerprint density at radius 3 is 2.65 bits per heavy atom. The van der Waals surface area contributed by atoms with Gasteiger partial charge < -0.3 is 10.4 Å². The van der Waals surface area contributed by atoms with Crippen molar-refractivity contribution in [1.82, 2.24) is 9.88 Å². The lowest BCUT2D eigenvalue weighted by molar-refractivity contribution is -0.138. The van der Waals surface area contributed by atoms with E-state index in [9.17, 15) is 4.79 Å². The number of aromatic nitrogens is 1. The monoisotopic (exact) mass is 359 g/mol. The highest BCUT2D eigenvalue weighted by Gasteiger charge is 2.32. The van der Waals surface area contributed by atoms with Gasteiger partial charge >= 0.3 is 5.97 Å². The van der Waals surface area contributed by atoms with Crippen LogP contribution >= 0.6 is 0 Å². The number of anilines is 1. The summed E-state index contributed by atoms with van der Waals surface area (Å²) in [5.41, 5.74) is 1.15. The van der Waals surface area contributed by atoms with Gasteiger partial charge in [0.1, 0.15) is 0 Å². The molecule has 0 amide bonds. The number of aliphatic carboxylic acids is 1. The molecule has 1 aliphatic heterocycles.